The molecule has 35 heavy (non-hydrogen) atoms. The second kappa shape index (κ2) is 8.24. The summed E-state index contributed by atoms with van der Waals surface area (Å²) in [4.78, 5) is 30.8. The van der Waals surface area contributed by atoms with E-state index in [1.165, 1.54) is 21.6 Å². The summed E-state index contributed by atoms with van der Waals surface area (Å²) in [5.41, 5.74) is 0.668. The number of rotatable bonds is 6. The molecule has 3 aromatic heterocycles. The number of carbonyl (C=O) groups is 2. The summed E-state index contributed by atoms with van der Waals surface area (Å²) in [5.74, 6) is 0.0800. The standard InChI is InChI=1S/C23H19F2N7O3/c24-21(25)20-18(10-32(29-20)14-3-1-13(11-33)2-4-14)27-23(34)17-8-26-31-6-5-19(28-22(17)31)30-9-16-7-15(30)12-35-16/h1-6,8,10-11,15-16,21H,7,9,12H2,(H,27,34)/t15-,16-/m1/s1. The monoisotopic (exact) mass is 479 g/mol. The second-order valence-electron chi connectivity index (χ2n) is 8.45. The third-order valence-electron chi connectivity index (χ3n) is 6.29. The van der Waals surface area contributed by atoms with Gasteiger partial charge in [-0.2, -0.15) is 10.2 Å². The minimum atomic E-state index is -2.91. The van der Waals surface area contributed by atoms with Gasteiger partial charge in [0.05, 0.1) is 42.5 Å². The van der Waals surface area contributed by atoms with Gasteiger partial charge in [0, 0.05) is 18.3 Å². The number of aromatic nitrogens is 5. The summed E-state index contributed by atoms with van der Waals surface area (Å²) in [6, 6.07) is 8.32. The second-order valence-corrected chi connectivity index (χ2v) is 8.45. The Kier molecular flexibility index (Phi) is 5.02. The van der Waals surface area contributed by atoms with Gasteiger partial charge in [0.1, 0.15) is 17.7 Å². The molecule has 0 saturated carbocycles. The normalized spacial score (nSPS) is 19.1. The molecule has 2 aliphatic rings. The number of nitrogens with one attached hydrogen (secondary N) is 1. The highest BCUT2D eigenvalue weighted by Gasteiger charge is 2.39. The van der Waals surface area contributed by atoms with Crippen LogP contribution in [0.5, 0.6) is 0 Å². The highest BCUT2D eigenvalue weighted by molar-refractivity contribution is 6.08. The minimum Gasteiger partial charge on any atom is -0.374 e. The van der Waals surface area contributed by atoms with Crippen molar-refractivity contribution < 1.29 is 23.1 Å². The van der Waals surface area contributed by atoms with Crippen molar-refractivity contribution in [2.75, 3.05) is 23.4 Å². The van der Waals surface area contributed by atoms with Crippen LogP contribution in [0.25, 0.3) is 11.3 Å². The maximum Gasteiger partial charge on any atom is 0.284 e. The van der Waals surface area contributed by atoms with E-state index in [1.807, 2.05) is 6.07 Å². The molecule has 0 unspecified atom stereocenters. The SMILES string of the molecule is O=Cc1ccc(-n2cc(NC(=O)c3cnn4ccc(N5C[C@H]6C[C@@H]5CO6)nc34)c(C(F)F)n2)cc1. The molecule has 4 aromatic rings. The number of halogens is 2. The quantitative estimate of drug-likeness (QED) is 0.424. The van der Waals surface area contributed by atoms with Crippen LogP contribution in [-0.4, -0.2) is 61.9 Å². The summed E-state index contributed by atoms with van der Waals surface area (Å²) < 4.78 is 35.7. The number of fused-ring (bicyclic) bond motifs is 3. The number of amides is 1. The van der Waals surface area contributed by atoms with E-state index in [0.29, 0.717) is 35.6 Å². The van der Waals surface area contributed by atoms with Crippen LogP contribution in [0.15, 0.2) is 48.9 Å². The van der Waals surface area contributed by atoms with E-state index in [-0.39, 0.29) is 23.4 Å². The lowest BCUT2D eigenvalue weighted by Crippen LogP contribution is -2.37. The molecule has 0 radical (unpaired) electrons. The fourth-order valence-corrected chi connectivity index (χ4v) is 4.53. The van der Waals surface area contributed by atoms with Crippen molar-refractivity contribution in [1.29, 1.82) is 0 Å². The largest absolute Gasteiger partial charge is 0.374 e. The van der Waals surface area contributed by atoms with Gasteiger partial charge in [0.15, 0.2) is 11.3 Å². The van der Waals surface area contributed by atoms with Gasteiger partial charge in [0.2, 0.25) is 0 Å². The molecule has 2 fully saturated rings. The molecule has 2 bridgehead atoms. The molecular weight excluding hydrogens is 460 g/mol. The first-order chi connectivity index (χ1) is 17.0. The van der Waals surface area contributed by atoms with Crippen LogP contribution >= 0.6 is 0 Å². The van der Waals surface area contributed by atoms with Crippen molar-refractivity contribution in [3.63, 3.8) is 0 Å². The van der Waals surface area contributed by atoms with Crippen LogP contribution in [0.2, 0.25) is 0 Å². The van der Waals surface area contributed by atoms with E-state index in [2.05, 4.69) is 25.4 Å². The maximum absolute atomic E-state index is 13.7. The van der Waals surface area contributed by atoms with Crippen molar-refractivity contribution in [3.05, 3.63) is 65.7 Å². The van der Waals surface area contributed by atoms with Crippen LogP contribution in [0.3, 0.4) is 0 Å². The zero-order valence-electron chi connectivity index (χ0n) is 18.2. The van der Waals surface area contributed by atoms with E-state index in [0.717, 1.165) is 13.0 Å². The molecule has 178 valence electrons. The van der Waals surface area contributed by atoms with E-state index in [9.17, 15) is 18.4 Å². The first-order valence-electron chi connectivity index (χ1n) is 11.0. The number of nitrogens with zero attached hydrogens (tertiary/aromatic N) is 6. The molecule has 5 heterocycles. The smallest absolute Gasteiger partial charge is 0.284 e. The highest BCUT2D eigenvalue weighted by atomic mass is 19.3. The Hall–Kier alpha value is -4.19. The van der Waals surface area contributed by atoms with Crippen LogP contribution in [0.1, 0.15) is 39.3 Å². The fourth-order valence-electron chi connectivity index (χ4n) is 4.53. The van der Waals surface area contributed by atoms with Gasteiger partial charge in [-0.1, -0.05) is 0 Å². The molecule has 10 nitrogen and oxygen atoms in total. The maximum atomic E-state index is 13.7. The van der Waals surface area contributed by atoms with E-state index >= 15 is 0 Å². The number of alkyl halides is 2. The summed E-state index contributed by atoms with van der Waals surface area (Å²) in [6.07, 6.45) is 3.27. The molecule has 1 aromatic carbocycles. The van der Waals surface area contributed by atoms with Crippen molar-refractivity contribution in [3.8, 4) is 5.69 Å². The number of hydrogen-bond donors (Lipinski definition) is 1. The van der Waals surface area contributed by atoms with Gasteiger partial charge < -0.3 is 15.0 Å². The summed E-state index contributed by atoms with van der Waals surface area (Å²) in [6.45, 7) is 1.37. The Labute approximate surface area is 197 Å². The average Bonchev–Trinajstić information content (AvgIpc) is 3.66. The number of anilines is 2. The molecule has 1 N–H and O–H groups in total. The van der Waals surface area contributed by atoms with Crippen molar-refractivity contribution >= 4 is 29.3 Å². The van der Waals surface area contributed by atoms with Gasteiger partial charge in [-0.3, -0.25) is 9.59 Å². The van der Waals surface area contributed by atoms with Crippen LogP contribution < -0.4 is 10.2 Å². The Morgan fingerprint density at radius 1 is 1.23 bits per heavy atom. The topological polar surface area (TPSA) is 107 Å². The zero-order chi connectivity index (χ0) is 24.1. The van der Waals surface area contributed by atoms with Gasteiger partial charge in [0.25, 0.3) is 12.3 Å². The lowest BCUT2D eigenvalue weighted by atomic mass is 10.2. The highest BCUT2D eigenvalue weighted by Crippen LogP contribution is 2.32. The van der Waals surface area contributed by atoms with Crippen molar-refractivity contribution in [2.24, 2.45) is 0 Å². The Morgan fingerprint density at radius 3 is 2.74 bits per heavy atom. The molecule has 12 heteroatoms. The van der Waals surface area contributed by atoms with Gasteiger partial charge >= 0.3 is 0 Å². The summed E-state index contributed by atoms with van der Waals surface area (Å²) in [5, 5.41) is 10.6. The molecule has 0 aliphatic carbocycles. The number of carbonyl (C=O) groups excluding carboxylic acids is 2. The molecular formula is C23H19F2N7O3. The van der Waals surface area contributed by atoms with Crippen LogP contribution in [0.4, 0.5) is 20.3 Å². The average molecular weight is 479 g/mol. The molecule has 0 spiro atoms. The van der Waals surface area contributed by atoms with E-state index in [4.69, 9.17) is 4.74 Å². The Balaban J connectivity index is 1.30. The number of benzene rings is 1. The molecule has 1 amide bonds. The third kappa shape index (κ3) is 3.71. The number of morpholine rings is 1. The predicted octanol–water partition coefficient (Wildman–Crippen LogP) is 2.89. The van der Waals surface area contributed by atoms with Gasteiger partial charge in [-0.15, -0.1) is 0 Å². The summed E-state index contributed by atoms with van der Waals surface area (Å²) in [7, 11) is 0. The Bertz CT molecular complexity index is 1430. The number of ether oxygens (including phenoxy) is 1. The molecule has 2 saturated heterocycles. The molecule has 2 aliphatic heterocycles. The van der Waals surface area contributed by atoms with E-state index < -0.39 is 18.0 Å². The van der Waals surface area contributed by atoms with Crippen LogP contribution in [-0.2, 0) is 4.74 Å². The summed E-state index contributed by atoms with van der Waals surface area (Å²) >= 11 is 0. The van der Waals surface area contributed by atoms with Crippen LogP contribution in [0, 0.1) is 0 Å². The third-order valence-corrected chi connectivity index (χ3v) is 6.29. The minimum absolute atomic E-state index is 0.131. The van der Waals surface area contributed by atoms with Crippen molar-refractivity contribution in [1.82, 2.24) is 24.4 Å². The van der Waals surface area contributed by atoms with E-state index in [1.54, 1.807) is 30.5 Å². The molecule has 2 atom stereocenters. The van der Waals surface area contributed by atoms with Crippen molar-refractivity contribution in [2.45, 2.75) is 25.0 Å². The first kappa shape index (κ1) is 21.4. The number of aldehydes is 1. The first-order valence-corrected chi connectivity index (χ1v) is 11.0. The Morgan fingerprint density at radius 2 is 2.06 bits per heavy atom. The molecule has 6 rings (SSSR count). The fraction of sp³-hybridized carbons (Fsp3) is 0.261. The predicted molar refractivity (Wildman–Crippen MR) is 120 cm³/mol. The lowest BCUT2D eigenvalue weighted by Gasteiger charge is -2.27. The zero-order valence-corrected chi connectivity index (χ0v) is 18.2. The number of hydrogen-bond acceptors (Lipinski definition) is 7. The van der Waals surface area contributed by atoms with Gasteiger partial charge in [-0.25, -0.2) is 23.0 Å². The lowest BCUT2D eigenvalue weighted by molar-refractivity contribution is 0.0988. The van der Waals surface area contributed by atoms with Gasteiger partial charge in [-0.05, 0) is 36.8 Å².